The number of nitrogens with one attached hydrogen (secondary N) is 1. The fourth-order valence-corrected chi connectivity index (χ4v) is 4.27. The van der Waals surface area contributed by atoms with E-state index in [1.54, 1.807) is 7.05 Å². The molecule has 3 heterocycles. The number of nitroso groups, excluding NO2 is 1. The maximum Gasteiger partial charge on any atom is 0.271 e. The van der Waals surface area contributed by atoms with Gasteiger partial charge in [-0.1, -0.05) is 38.8 Å². The molecule has 0 radical (unpaired) electrons. The molecule has 2 aliphatic heterocycles. The minimum Gasteiger partial charge on any atom is -0.394 e. The fraction of sp³-hybridized carbons (Fsp3) is 0.524. The highest BCUT2D eigenvalue weighted by atomic mass is 32.2. The van der Waals surface area contributed by atoms with Gasteiger partial charge in [-0.25, -0.2) is 9.99 Å². The van der Waals surface area contributed by atoms with Crippen LogP contribution in [0.5, 0.6) is 0 Å². The van der Waals surface area contributed by atoms with Crippen molar-refractivity contribution < 1.29 is 4.79 Å². The zero-order valence-electron chi connectivity index (χ0n) is 18.5. The SMILES string of the molecule is CN(N=O)c1nc(C2=CC3CCC(C2)N3C(=O)/C(N)=C/SN)ccc1NCC(C)(C)C. The first-order chi connectivity index (χ1) is 14.6. The third-order valence-electron chi connectivity index (χ3n) is 5.51. The van der Waals surface area contributed by atoms with E-state index in [9.17, 15) is 9.70 Å². The lowest BCUT2D eigenvalue weighted by molar-refractivity contribution is -0.129. The molecule has 2 unspecified atom stereocenters. The lowest BCUT2D eigenvalue weighted by Crippen LogP contribution is -2.44. The van der Waals surface area contributed by atoms with Crippen molar-refractivity contribution in [3.8, 4) is 0 Å². The Kier molecular flexibility index (Phi) is 6.90. The van der Waals surface area contributed by atoms with E-state index in [2.05, 4.69) is 37.4 Å². The minimum absolute atomic E-state index is 0.0261. The van der Waals surface area contributed by atoms with Crippen LogP contribution >= 0.6 is 11.9 Å². The molecule has 2 bridgehead atoms. The zero-order valence-corrected chi connectivity index (χ0v) is 19.3. The largest absolute Gasteiger partial charge is 0.394 e. The van der Waals surface area contributed by atoms with Gasteiger partial charge in [0.05, 0.1) is 22.7 Å². The van der Waals surface area contributed by atoms with Crippen LogP contribution in [0, 0.1) is 10.3 Å². The van der Waals surface area contributed by atoms with Gasteiger partial charge in [-0.15, -0.1) is 4.91 Å². The van der Waals surface area contributed by atoms with Crippen molar-refractivity contribution in [2.75, 3.05) is 23.9 Å². The molecule has 2 aliphatic rings. The van der Waals surface area contributed by atoms with Gasteiger partial charge in [-0.05, 0) is 42.4 Å². The first kappa shape index (κ1) is 23.1. The van der Waals surface area contributed by atoms with Crippen LogP contribution in [0.2, 0.25) is 0 Å². The Bertz CT molecular complexity index is 909. The third-order valence-corrected chi connectivity index (χ3v) is 5.90. The molecule has 0 aromatic carbocycles. The second-order valence-corrected chi connectivity index (χ2v) is 9.71. The molecular weight excluding hydrogens is 414 g/mol. The number of pyridine rings is 1. The van der Waals surface area contributed by atoms with Gasteiger partial charge in [0, 0.05) is 25.0 Å². The van der Waals surface area contributed by atoms with Crippen molar-refractivity contribution in [3.63, 3.8) is 0 Å². The summed E-state index contributed by atoms with van der Waals surface area (Å²) in [6.07, 6.45) is 4.57. The van der Waals surface area contributed by atoms with Crippen molar-refractivity contribution in [2.24, 2.45) is 21.6 Å². The summed E-state index contributed by atoms with van der Waals surface area (Å²) < 4.78 is 0. The second kappa shape index (κ2) is 9.27. The number of amides is 1. The highest BCUT2D eigenvalue weighted by molar-refractivity contribution is 8.00. The van der Waals surface area contributed by atoms with Gasteiger partial charge in [0.1, 0.15) is 5.70 Å². The molecule has 31 heavy (non-hydrogen) atoms. The summed E-state index contributed by atoms with van der Waals surface area (Å²) in [7, 11) is 1.59. The van der Waals surface area contributed by atoms with Gasteiger partial charge in [-0.2, -0.15) is 0 Å². The molecule has 0 aliphatic carbocycles. The van der Waals surface area contributed by atoms with Crippen molar-refractivity contribution >= 4 is 34.9 Å². The molecule has 1 fully saturated rings. The van der Waals surface area contributed by atoms with E-state index >= 15 is 0 Å². The summed E-state index contributed by atoms with van der Waals surface area (Å²) in [6, 6.07) is 3.93. The quantitative estimate of drug-likeness (QED) is 0.252. The zero-order chi connectivity index (χ0) is 22.8. The minimum atomic E-state index is -0.180. The van der Waals surface area contributed by atoms with Gasteiger partial charge in [0.2, 0.25) is 0 Å². The monoisotopic (exact) mass is 445 g/mol. The smallest absolute Gasteiger partial charge is 0.271 e. The van der Waals surface area contributed by atoms with Gasteiger partial charge in [-0.3, -0.25) is 9.93 Å². The summed E-state index contributed by atoms with van der Waals surface area (Å²) in [6.45, 7) is 7.13. The Balaban J connectivity index is 1.88. The average molecular weight is 446 g/mol. The molecule has 1 aromatic rings. The van der Waals surface area contributed by atoms with Crippen LogP contribution in [0.4, 0.5) is 11.5 Å². The van der Waals surface area contributed by atoms with Crippen molar-refractivity contribution in [2.45, 2.75) is 52.1 Å². The summed E-state index contributed by atoms with van der Waals surface area (Å²) in [5.41, 5.74) is 8.73. The van der Waals surface area contributed by atoms with Crippen LogP contribution in [-0.4, -0.2) is 41.5 Å². The van der Waals surface area contributed by atoms with E-state index in [1.165, 1.54) is 10.4 Å². The number of hydrogen-bond donors (Lipinski definition) is 3. The van der Waals surface area contributed by atoms with E-state index in [0.29, 0.717) is 12.2 Å². The van der Waals surface area contributed by atoms with E-state index in [-0.39, 0.29) is 29.1 Å². The Morgan fingerprint density at radius 3 is 2.77 bits per heavy atom. The Labute approximate surface area is 187 Å². The van der Waals surface area contributed by atoms with Crippen LogP contribution in [0.25, 0.3) is 5.57 Å². The maximum atomic E-state index is 12.7. The molecule has 168 valence electrons. The lowest BCUT2D eigenvalue weighted by atomic mass is 9.96. The molecule has 0 saturated carbocycles. The molecule has 0 spiro atoms. The molecule has 5 N–H and O–H groups in total. The first-order valence-corrected chi connectivity index (χ1v) is 11.3. The molecule has 1 saturated heterocycles. The topological polar surface area (TPSA) is 130 Å². The standard InChI is InChI=1S/C21H31N7O2S/c1-21(2,3)12-24-18-8-7-17(25-19(18)27(4)26-30)13-9-14-5-6-15(10-13)28(14)20(29)16(22)11-31-23/h7-9,11,14-15,24H,5-6,10,12,22-23H2,1-4H3/b16-11-. The Morgan fingerprint density at radius 2 is 2.16 bits per heavy atom. The molecule has 9 nitrogen and oxygen atoms in total. The second-order valence-electron chi connectivity index (χ2n) is 9.20. The van der Waals surface area contributed by atoms with Crippen LogP contribution in [0.1, 0.15) is 45.7 Å². The molecule has 1 amide bonds. The number of carbonyl (C=O) groups is 1. The summed E-state index contributed by atoms with van der Waals surface area (Å²) in [5, 5.41) is 14.5. The number of fused-ring (bicyclic) bond motifs is 2. The van der Waals surface area contributed by atoms with Crippen molar-refractivity contribution in [3.05, 3.63) is 39.9 Å². The Hall–Kier alpha value is -2.59. The molecular formula is C21H31N7O2S. The van der Waals surface area contributed by atoms with Gasteiger partial charge in [0.15, 0.2) is 5.82 Å². The predicted octanol–water partition coefficient (Wildman–Crippen LogP) is 3.21. The summed E-state index contributed by atoms with van der Waals surface area (Å²) >= 11 is 0.930. The number of aromatic nitrogens is 1. The highest BCUT2D eigenvalue weighted by Crippen LogP contribution is 2.39. The molecule has 2 atom stereocenters. The van der Waals surface area contributed by atoms with E-state index < -0.39 is 0 Å². The average Bonchev–Trinajstić information content (AvgIpc) is 2.99. The van der Waals surface area contributed by atoms with E-state index in [1.807, 2.05) is 17.0 Å². The van der Waals surface area contributed by atoms with Gasteiger partial charge in [0.25, 0.3) is 5.91 Å². The maximum absolute atomic E-state index is 12.7. The van der Waals surface area contributed by atoms with Crippen LogP contribution < -0.4 is 21.2 Å². The molecule has 1 aromatic heterocycles. The van der Waals surface area contributed by atoms with Gasteiger partial charge >= 0.3 is 0 Å². The first-order valence-electron chi connectivity index (χ1n) is 10.3. The lowest BCUT2D eigenvalue weighted by Gasteiger charge is -2.34. The number of nitrogens with zero attached hydrogens (tertiary/aromatic N) is 4. The van der Waals surface area contributed by atoms with Crippen LogP contribution in [-0.2, 0) is 4.79 Å². The van der Waals surface area contributed by atoms with Crippen LogP contribution in [0.15, 0.2) is 34.6 Å². The van der Waals surface area contributed by atoms with Crippen LogP contribution in [0.3, 0.4) is 0 Å². The number of carbonyl (C=O) groups excluding carboxylic acids is 1. The van der Waals surface area contributed by atoms with Crippen molar-refractivity contribution in [1.29, 1.82) is 0 Å². The van der Waals surface area contributed by atoms with Crippen molar-refractivity contribution in [1.82, 2.24) is 9.88 Å². The Morgan fingerprint density at radius 1 is 1.42 bits per heavy atom. The number of anilines is 2. The third kappa shape index (κ3) is 5.19. The normalized spacial score (nSPS) is 21.0. The molecule has 3 rings (SSSR count). The fourth-order valence-electron chi connectivity index (χ4n) is 4.02. The number of hydrogen-bond acceptors (Lipinski definition) is 8. The van der Waals surface area contributed by atoms with E-state index in [0.717, 1.165) is 48.3 Å². The predicted molar refractivity (Wildman–Crippen MR) is 127 cm³/mol. The summed E-state index contributed by atoms with van der Waals surface area (Å²) in [5.74, 6) is 0.302. The summed E-state index contributed by atoms with van der Waals surface area (Å²) in [4.78, 5) is 30.5. The highest BCUT2D eigenvalue weighted by Gasteiger charge is 2.40. The van der Waals surface area contributed by atoms with Gasteiger partial charge < -0.3 is 16.0 Å². The van der Waals surface area contributed by atoms with E-state index in [4.69, 9.17) is 15.9 Å². The molecule has 10 heteroatoms. The number of nitrogens with two attached hydrogens (primary N) is 2. The number of rotatable bonds is 7.